The van der Waals surface area contributed by atoms with E-state index in [2.05, 4.69) is 9.97 Å². The van der Waals surface area contributed by atoms with Gasteiger partial charge in [-0.25, -0.2) is 4.98 Å². The van der Waals surface area contributed by atoms with Crippen molar-refractivity contribution in [3.8, 4) is 11.3 Å². The van der Waals surface area contributed by atoms with E-state index in [1.165, 1.54) is 0 Å². The van der Waals surface area contributed by atoms with Crippen LogP contribution in [-0.4, -0.2) is 54.8 Å². The Balaban J connectivity index is 1.56. The Kier molecular flexibility index (Phi) is 4.46. The van der Waals surface area contributed by atoms with Gasteiger partial charge < -0.3 is 29.0 Å². The van der Waals surface area contributed by atoms with Gasteiger partial charge in [-0.05, 0) is 29.8 Å². The first kappa shape index (κ1) is 19.7. The third-order valence-corrected chi connectivity index (χ3v) is 6.16. The molecule has 9 heteroatoms. The van der Waals surface area contributed by atoms with Crippen LogP contribution >= 0.6 is 11.6 Å². The summed E-state index contributed by atoms with van der Waals surface area (Å²) < 4.78 is 13.4. The molecular formula is C23H18ClN3O5. The molecule has 1 saturated heterocycles. The Morgan fingerprint density at radius 1 is 0.938 bits per heavy atom. The number of aliphatic hydroxyl groups excluding tert-OH is 3. The van der Waals surface area contributed by atoms with Gasteiger partial charge in [-0.15, -0.1) is 0 Å². The van der Waals surface area contributed by atoms with E-state index >= 15 is 0 Å². The maximum absolute atomic E-state index is 10.5. The highest BCUT2D eigenvalue weighted by atomic mass is 35.5. The van der Waals surface area contributed by atoms with Gasteiger partial charge in [-0.1, -0.05) is 30.3 Å². The maximum atomic E-state index is 10.5. The standard InChI is InChI=1S/C23H18ClN3O5/c24-23-25-17(13-6-3-5-12-11-4-1-2-7-15(11)31-20(12)13)14-8-9-27(21(14)26-23)22-19(30)18(29)16(10-28)32-22/h1-9,16,18-19,22,28-30H,10H2/t16-,18?,19?,22-/m1/s1. The fraction of sp³-hybridized carbons (Fsp3) is 0.217. The van der Waals surface area contributed by atoms with Crippen molar-refractivity contribution in [1.82, 2.24) is 14.5 Å². The first-order valence-corrected chi connectivity index (χ1v) is 10.5. The number of furan rings is 1. The predicted molar refractivity (Wildman–Crippen MR) is 118 cm³/mol. The molecule has 0 aliphatic carbocycles. The number of benzene rings is 2. The van der Waals surface area contributed by atoms with E-state index in [1.54, 1.807) is 16.8 Å². The second kappa shape index (κ2) is 7.26. The molecule has 3 N–H and O–H groups in total. The fourth-order valence-electron chi connectivity index (χ4n) is 4.46. The highest BCUT2D eigenvalue weighted by Gasteiger charge is 2.43. The molecule has 0 amide bonds. The first-order chi connectivity index (χ1) is 15.6. The fourth-order valence-corrected chi connectivity index (χ4v) is 4.63. The zero-order valence-corrected chi connectivity index (χ0v) is 17.3. The molecule has 6 rings (SSSR count). The van der Waals surface area contributed by atoms with Crippen LogP contribution in [0.4, 0.5) is 0 Å². The third kappa shape index (κ3) is 2.78. The minimum absolute atomic E-state index is 0.0207. The van der Waals surface area contributed by atoms with Crippen LogP contribution in [0.1, 0.15) is 6.23 Å². The number of aromatic nitrogens is 3. The lowest BCUT2D eigenvalue weighted by Gasteiger charge is -2.17. The maximum Gasteiger partial charge on any atom is 0.224 e. The van der Waals surface area contributed by atoms with Gasteiger partial charge in [-0.2, -0.15) is 4.98 Å². The summed E-state index contributed by atoms with van der Waals surface area (Å²) in [6.07, 6.45) is -2.59. The molecule has 8 nitrogen and oxygen atoms in total. The van der Waals surface area contributed by atoms with Gasteiger partial charge in [0.25, 0.3) is 0 Å². The normalized spacial score (nSPS) is 23.6. The Hall–Kier alpha value is -3.01. The molecule has 2 aromatic carbocycles. The topological polar surface area (TPSA) is 114 Å². The average molecular weight is 452 g/mol. The van der Waals surface area contributed by atoms with E-state index in [-0.39, 0.29) is 5.28 Å². The highest BCUT2D eigenvalue weighted by molar-refractivity contribution is 6.29. The van der Waals surface area contributed by atoms with Crippen LogP contribution in [0.2, 0.25) is 5.28 Å². The summed E-state index contributed by atoms with van der Waals surface area (Å²) in [4.78, 5) is 8.84. The van der Waals surface area contributed by atoms with E-state index in [0.29, 0.717) is 22.3 Å². The second-order valence-electron chi connectivity index (χ2n) is 7.81. The van der Waals surface area contributed by atoms with E-state index in [1.807, 2.05) is 42.5 Å². The van der Waals surface area contributed by atoms with Gasteiger partial charge in [0.15, 0.2) is 6.23 Å². The summed E-state index contributed by atoms with van der Waals surface area (Å²) in [6, 6.07) is 15.4. The molecule has 32 heavy (non-hydrogen) atoms. The third-order valence-electron chi connectivity index (χ3n) is 6.00. The lowest BCUT2D eigenvalue weighted by Crippen LogP contribution is -2.33. The number of nitrogens with zero attached hydrogens (tertiary/aromatic N) is 3. The summed E-state index contributed by atoms with van der Waals surface area (Å²) in [5, 5.41) is 32.7. The smallest absolute Gasteiger partial charge is 0.224 e. The van der Waals surface area contributed by atoms with Crippen LogP contribution in [0.5, 0.6) is 0 Å². The first-order valence-electron chi connectivity index (χ1n) is 10.1. The summed E-state index contributed by atoms with van der Waals surface area (Å²) in [6.45, 7) is -0.414. The Morgan fingerprint density at radius 3 is 2.56 bits per heavy atom. The van der Waals surface area contributed by atoms with Crippen LogP contribution in [0, 0.1) is 0 Å². The predicted octanol–water partition coefficient (Wildman–Crippen LogP) is 3.26. The molecule has 3 aromatic heterocycles. The summed E-state index contributed by atoms with van der Waals surface area (Å²) in [7, 11) is 0. The largest absolute Gasteiger partial charge is 0.455 e. The number of para-hydroxylation sites is 2. The van der Waals surface area contributed by atoms with Crippen molar-refractivity contribution >= 4 is 44.6 Å². The molecule has 5 aromatic rings. The van der Waals surface area contributed by atoms with E-state index in [9.17, 15) is 15.3 Å². The molecular weight excluding hydrogens is 434 g/mol. The van der Waals surface area contributed by atoms with Gasteiger partial charge in [0, 0.05) is 27.9 Å². The SMILES string of the molecule is OC[C@H]1O[C@@H](n2ccc3c(-c4cccc5c4oc4ccccc45)nc(Cl)nc32)C(O)C1O. The van der Waals surface area contributed by atoms with E-state index < -0.39 is 31.1 Å². The molecule has 1 fully saturated rings. The Bertz CT molecular complexity index is 1480. The van der Waals surface area contributed by atoms with Crippen molar-refractivity contribution in [3.05, 3.63) is 60.0 Å². The number of aliphatic hydroxyl groups is 3. The molecule has 0 bridgehead atoms. The van der Waals surface area contributed by atoms with Crippen molar-refractivity contribution in [3.63, 3.8) is 0 Å². The molecule has 2 unspecified atom stereocenters. The van der Waals surface area contributed by atoms with Crippen molar-refractivity contribution in [2.24, 2.45) is 0 Å². The van der Waals surface area contributed by atoms with Gasteiger partial charge in [0.2, 0.25) is 5.28 Å². The van der Waals surface area contributed by atoms with Crippen molar-refractivity contribution in [1.29, 1.82) is 0 Å². The van der Waals surface area contributed by atoms with Crippen LogP contribution in [-0.2, 0) is 4.74 Å². The van der Waals surface area contributed by atoms with E-state index in [0.717, 1.165) is 21.9 Å². The number of hydrogen-bond acceptors (Lipinski definition) is 7. The monoisotopic (exact) mass is 451 g/mol. The van der Waals surface area contributed by atoms with Gasteiger partial charge in [0.1, 0.15) is 35.1 Å². The summed E-state index contributed by atoms with van der Waals surface area (Å²) in [5.41, 5.74) is 3.23. The molecule has 1 aliphatic rings. The molecule has 0 saturated carbocycles. The molecule has 0 spiro atoms. The summed E-state index contributed by atoms with van der Waals surface area (Å²) >= 11 is 6.30. The number of hydrogen-bond donors (Lipinski definition) is 3. The Morgan fingerprint density at radius 2 is 1.75 bits per heavy atom. The van der Waals surface area contributed by atoms with Crippen molar-refractivity contribution < 1.29 is 24.5 Å². The van der Waals surface area contributed by atoms with E-state index in [4.69, 9.17) is 20.8 Å². The number of ether oxygens (including phenoxy) is 1. The lowest BCUT2D eigenvalue weighted by molar-refractivity contribution is -0.0508. The number of halogens is 1. The van der Waals surface area contributed by atoms with Gasteiger partial charge >= 0.3 is 0 Å². The van der Waals surface area contributed by atoms with Crippen LogP contribution in [0.25, 0.3) is 44.2 Å². The van der Waals surface area contributed by atoms with Gasteiger partial charge in [0.05, 0.1) is 12.3 Å². The zero-order chi connectivity index (χ0) is 22.0. The quantitative estimate of drug-likeness (QED) is 0.361. The minimum atomic E-state index is -1.24. The highest BCUT2D eigenvalue weighted by Crippen LogP contribution is 2.39. The Labute approximate surface area is 186 Å². The molecule has 4 heterocycles. The second-order valence-corrected chi connectivity index (χ2v) is 8.15. The van der Waals surface area contributed by atoms with Crippen LogP contribution < -0.4 is 0 Å². The average Bonchev–Trinajstić information content (AvgIpc) is 3.47. The van der Waals surface area contributed by atoms with Crippen molar-refractivity contribution in [2.75, 3.05) is 6.61 Å². The minimum Gasteiger partial charge on any atom is -0.455 e. The molecule has 0 radical (unpaired) electrons. The number of fused-ring (bicyclic) bond motifs is 4. The number of rotatable bonds is 3. The lowest BCUT2D eigenvalue weighted by atomic mass is 10.0. The van der Waals surface area contributed by atoms with Crippen LogP contribution in [0.3, 0.4) is 0 Å². The summed E-state index contributed by atoms with van der Waals surface area (Å²) in [5.74, 6) is 0. The molecule has 4 atom stereocenters. The molecule has 1 aliphatic heterocycles. The zero-order valence-electron chi connectivity index (χ0n) is 16.6. The van der Waals surface area contributed by atoms with Gasteiger partial charge in [-0.3, -0.25) is 0 Å². The van der Waals surface area contributed by atoms with Crippen molar-refractivity contribution in [2.45, 2.75) is 24.5 Å². The van der Waals surface area contributed by atoms with Crippen LogP contribution in [0.15, 0.2) is 59.1 Å². The molecule has 162 valence electrons.